The predicted molar refractivity (Wildman–Crippen MR) is 329 cm³/mol. The largest absolute Gasteiger partial charge is 0.462 e. The van der Waals surface area contributed by atoms with E-state index < -0.39 is 6.10 Å². The van der Waals surface area contributed by atoms with Crippen LogP contribution in [-0.4, -0.2) is 37.2 Å². The minimum absolute atomic E-state index is 0.107. The van der Waals surface area contributed by atoms with Crippen LogP contribution in [0.25, 0.3) is 0 Å². The van der Waals surface area contributed by atoms with Crippen LogP contribution in [0.2, 0.25) is 0 Å². The van der Waals surface area contributed by atoms with Crippen molar-refractivity contribution in [3.63, 3.8) is 0 Å². The van der Waals surface area contributed by atoms with Gasteiger partial charge in [0.2, 0.25) is 0 Å². The van der Waals surface area contributed by atoms with E-state index in [0.717, 1.165) is 148 Å². The molecule has 428 valence electrons. The van der Waals surface area contributed by atoms with Gasteiger partial charge in [-0.1, -0.05) is 244 Å². The maximum atomic E-state index is 12.9. The quantitative estimate of drug-likeness (QED) is 0.0261. The van der Waals surface area contributed by atoms with Crippen molar-refractivity contribution < 1.29 is 28.6 Å². The fourth-order valence-corrected chi connectivity index (χ4v) is 8.00. The molecule has 0 N–H and O–H groups in total. The van der Waals surface area contributed by atoms with Gasteiger partial charge in [0.15, 0.2) is 6.10 Å². The Kier molecular flexibility index (Phi) is 58.9. The van der Waals surface area contributed by atoms with Gasteiger partial charge in [-0.15, -0.1) is 0 Å². The molecule has 0 aromatic carbocycles. The molecule has 0 radical (unpaired) electrons. The Morgan fingerprint density at radius 1 is 0.276 bits per heavy atom. The van der Waals surface area contributed by atoms with Crippen molar-refractivity contribution in [3.05, 3.63) is 146 Å². The maximum Gasteiger partial charge on any atom is 0.306 e. The highest BCUT2D eigenvalue weighted by atomic mass is 16.6. The van der Waals surface area contributed by atoms with Gasteiger partial charge in [-0.3, -0.25) is 14.4 Å². The average molecular weight is 1050 g/mol. The Labute approximate surface area is 467 Å². The first-order chi connectivity index (χ1) is 37.5. The summed E-state index contributed by atoms with van der Waals surface area (Å²) in [6, 6.07) is 0. The molecule has 0 heterocycles. The van der Waals surface area contributed by atoms with Gasteiger partial charge in [0.1, 0.15) is 13.2 Å². The van der Waals surface area contributed by atoms with E-state index in [-0.39, 0.29) is 31.1 Å². The molecule has 0 aliphatic rings. The first kappa shape index (κ1) is 71.3. The van der Waals surface area contributed by atoms with Crippen molar-refractivity contribution in [3.8, 4) is 0 Å². The van der Waals surface area contributed by atoms with Crippen molar-refractivity contribution in [2.24, 2.45) is 0 Å². The molecule has 0 spiro atoms. The first-order valence-corrected chi connectivity index (χ1v) is 30.8. The van der Waals surface area contributed by atoms with Crippen molar-refractivity contribution in [1.82, 2.24) is 0 Å². The average Bonchev–Trinajstić information content (AvgIpc) is 3.42. The highest BCUT2D eigenvalue weighted by Gasteiger charge is 2.19. The molecule has 0 aromatic heterocycles. The molecule has 0 aliphatic carbocycles. The van der Waals surface area contributed by atoms with E-state index in [0.29, 0.717) is 25.7 Å². The van der Waals surface area contributed by atoms with Crippen molar-refractivity contribution in [1.29, 1.82) is 0 Å². The van der Waals surface area contributed by atoms with Gasteiger partial charge in [-0.05, 0) is 141 Å². The molecular weight excluding hydrogens is 937 g/mol. The summed E-state index contributed by atoms with van der Waals surface area (Å²) >= 11 is 0. The molecule has 0 aromatic rings. The Morgan fingerprint density at radius 3 is 0.829 bits per heavy atom. The molecule has 6 nitrogen and oxygen atoms in total. The zero-order valence-corrected chi connectivity index (χ0v) is 49.0. The molecule has 0 saturated heterocycles. The van der Waals surface area contributed by atoms with Crippen LogP contribution < -0.4 is 0 Å². The molecule has 1 unspecified atom stereocenters. The second-order valence-electron chi connectivity index (χ2n) is 19.8. The van der Waals surface area contributed by atoms with Crippen molar-refractivity contribution >= 4 is 17.9 Å². The van der Waals surface area contributed by atoms with E-state index in [4.69, 9.17) is 14.2 Å². The number of hydrogen-bond acceptors (Lipinski definition) is 6. The Hall–Kier alpha value is -4.71. The third kappa shape index (κ3) is 60.2. The summed E-state index contributed by atoms with van der Waals surface area (Å²) in [6.45, 7) is 6.34. The van der Waals surface area contributed by atoms with E-state index in [1.54, 1.807) is 0 Å². The van der Waals surface area contributed by atoms with Gasteiger partial charge in [-0.25, -0.2) is 0 Å². The Balaban J connectivity index is 4.42. The summed E-state index contributed by atoms with van der Waals surface area (Å²) in [6.07, 6.45) is 89.9. The van der Waals surface area contributed by atoms with E-state index in [1.165, 1.54) is 64.2 Å². The highest BCUT2D eigenvalue weighted by molar-refractivity contribution is 5.71. The summed E-state index contributed by atoms with van der Waals surface area (Å²) in [5, 5.41) is 0. The van der Waals surface area contributed by atoms with Crippen LogP contribution in [-0.2, 0) is 28.6 Å². The minimum atomic E-state index is -0.813. The molecule has 6 heteroatoms. The van der Waals surface area contributed by atoms with Gasteiger partial charge in [0, 0.05) is 19.3 Å². The summed E-state index contributed by atoms with van der Waals surface area (Å²) < 4.78 is 16.8. The Bertz CT molecular complexity index is 1680. The third-order valence-corrected chi connectivity index (χ3v) is 12.6. The van der Waals surface area contributed by atoms with Gasteiger partial charge in [-0.2, -0.15) is 0 Å². The normalized spacial score (nSPS) is 13.1. The number of rotatable bonds is 54. The van der Waals surface area contributed by atoms with Gasteiger partial charge < -0.3 is 14.2 Å². The number of carbonyl (C=O) groups excluding carboxylic acids is 3. The van der Waals surface area contributed by atoms with Crippen LogP contribution in [0.3, 0.4) is 0 Å². The molecule has 0 rings (SSSR count). The third-order valence-electron chi connectivity index (χ3n) is 12.6. The summed E-state index contributed by atoms with van der Waals surface area (Å²) in [7, 11) is 0. The minimum Gasteiger partial charge on any atom is -0.462 e. The zero-order chi connectivity index (χ0) is 55.0. The molecule has 0 saturated carbocycles. The second kappa shape index (κ2) is 62.8. The zero-order valence-electron chi connectivity index (χ0n) is 49.0. The number of ether oxygens (including phenoxy) is 3. The number of unbranched alkanes of at least 4 members (excludes halogenated alkanes) is 19. The molecule has 0 amide bonds. The summed E-state index contributed by atoms with van der Waals surface area (Å²) in [5.41, 5.74) is 0. The van der Waals surface area contributed by atoms with E-state index in [9.17, 15) is 14.4 Å². The number of esters is 3. The lowest BCUT2D eigenvalue weighted by molar-refractivity contribution is -0.167. The Morgan fingerprint density at radius 2 is 0.513 bits per heavy atom. The lowest BCUT2D eigenvalue weighted by Crippen LogP contribution is -2.30. The topological polar surface area (TPSA) is 78.9 Å². The van der Waals surface area contributed by atoms with Gasteiger partial charge >= 0.3 is 17.9 Å². The lowest BCUT2D eigenvalue weighted by Gasteiger charge is -2.18. The van der Waals surface area contributed by atoms with Crippen LogP contribution in [0, 0.1) is 0 Å². The summed E-state index contributed by atoms with van der Waals surface area (Å²) in [5.74, 6) is -0.974. The van der Waals surface area contributed by atoms with Crippen LogP contribution >= 0.6 is 0 Å². The van der Waals surface area contributed by atoms with Crippen molar-refractivity contribution in [2.45, 2.75) is 264 Å². The summed E-state index contributed by atoms with van der Waals surface area (Å²) in [4.78, 5) is 38.2. The number of carbonyl (C=O) groups is 3. The van der Waals surface area contributed by atoms with Gasteiger partial charge in [0.25, 0.3) is 0 Å². The monoisotopic (exact) mass is 1050 g/mol. The van der Waals surface area contributed by atoms with Crippen LogP contribution in [0.15, 0.2) is 146 Å². The second-order valence-corrected chi connectivity index (χ2v) is 19.8. The smallest absolute Gasteiger partial charge is 0.306 e. The standard InChI is InChI=1S/C70H112O6/c1-4-7-10-13-16-19-22-25-28-30-31-32-33-34-35-36-37-38-39-40-43-45-48-51-54-57-60-63-69(72)75-66-67(65-74-68(71)62-59-56-53-50-47-44-41-27-24-21-18-15-12-9-6-3)76-70(73)64-61-58-55-52-49-46-42-29-26-23-20-17-14-11-8-5-2/h7,9-10,12,16,18-21,23,25,27-29,31-32,34-35,37-38,41-42,47,50,67H,4-6,8,11,13-15,17,22,24,26,30,33,36,39-40,43-46,48-49,51-66H2,1-3H3/b10-7-,12-9-,19-16-,21-18-,23-20-,28-25-,32-31-,35-34-,38-37-,41-27-,42-29-,50-47-. The molecular formula is C70H112O6. The predicted octanol–water partition coefficient (Wildman–Crippen LogP) is 21.2. The SMILES string of the molecule is CC/C=C\C/C=C\C/C=C\C/C=C\C/C=C\C/C=C\CCCCCCCCCCC(=O)OCC(COC(=O)CCCC/C=C\C/C=C\C/C=C\C/C=C\CC)OC(=O)CCCCCCC/C=C\C/C=C\CCCCCC. The van der Waals surface area contributed by atoms with E-state index in [1.807, 2.05) is 0 Å². The fraction of sp³-hybridized carbons (Fsp3) is 0.614. The first-order valence-electron chi connectivity index (χ1n) is 30.8. The number of hydrogen-bond donors (Lipinski definition) is 0. The highest BCUT2D eigenvalue weighted by Crippen LogP contribution is 2.14. The van der Waals surface area contributed by atoms with Crippen molar-refractivity contribution in [2.75, 3.05) is 13.2 Å². The van der Waals surface area contributed by atoms with Gasteiger partial charge in [0.05, 0.1) is 0 Å². The molecule has 0 fully saturated rings. The molecule has 0 aliphatic heterocycles. The van der Waals surface area contributed by atoms with Crippen LogP contribution in [0.4, 0.5) is 0 Å². The van der Waals surface area contributed by atoms with Crippen LogP contribution in [0.5, 0.6) is 0 Å². The molecule has 0 bridgehead atoms. The molecule has 76 heavy (non-hydrogen) atoms. The fourth-order valence-electron chi connectivity index (χ4n) is 8.00. The molecule has 1 atom stereocenters. The number of allylic oxidation sites excluding steroid dienone is 24. The maximum absolute atomic E-state index is 12.9. The van der Waals surface area contributed by atoms with E-state index in [2.05, 4.69) is 167 Å². The van der Waals surface area contributed by atoms with Crippen LogP contribution in [0.1, 0.15) is 258 Å². The lowest BCUT2D eigenvalue weighted by atomic mass is 10.1. The van der Waals surface area contributed by atoms with E-state index >= 15 is 0 Å².